The van der Waals surface area contributed by atoms with Gasteiger partial charge in [-0.1, -0.05) is 67.8 Å². The smallest absolute Gasteiger partial charge is 0.230 e. The van der Waals surface area contributed by atoms with Crippen molar-refractivity contribution in [1.29, 1.82) is 0 Å². The van der Waals surface area contributed by atoms with Crippen LogP contribution in [0.5, 0.6) is 0 Å². The number of carbonyl (C=O) groups is 1. The maximum atomic E-state index is 13.5. The van der Waals surface area contributed by atoms with Gasteiger partial charge in [0.2, 0.25) is 5.91 Å². The lowest BCUT2D eigenvalue weighted by Crippen LogP contribution is -2.35. The van der Waals surface area contributed by atoms with Crippen LogP contribution in [0.2, 0.25) is 0 Å². The van der Waals surface area contributed by atoms with Gasteiger partial charge in [0.1, 0.15) is 5.82 Å². The van der Waals surface area contributed by atoms with Crippen molar-refractivity contribution >= 4 is 17.7 Å². The molecule has 156 valence electrons. The van der Waals surface area contributed by atoms with E-state index in [0.29, 0.717) is 11.0 Å². The van der Waals surface area contributed by atoms with E-state index in [4.69, 9.17) is 0 Å². The molecule has 1 aromatic heterocycles. The monoisotopic (exact) mass is 424 g/mol. The highest BCUT2D eigenvalue weighted by Gasteiger charge is 2.19. The van der Waals surface area contributed by atoms with E-state index < -0.39 is 0 Å². The molecule has 1 aliphatic carbocycles. The van der Waals surface area contributed by atoms with E-state index in [0.717, 1.165) is 24.1 Å². The molecule has 0 atom stereocenters. The molecule has 3 aromatic rings. The highest BCUT2D eigenvalue weighted by molar-refractivity contribution is 7.99. The Bertz CT molecular complexity index is 967. The van der Waals surface area contributed by atoms with Gasteiger partial charge in [-0.3, -0.25) is 9.36 Å². The molecule has 0 bridgehead atoms. The van der Waals surface area contributed by atoms with Gasteiger partial charge in [-0.15, -0.1) is 10.2 Å². The minimum atomic E-state index is -0.301. The number of rotatable bonds is 6. The molecule has 0 unspecified atom stereocenters. The predicted molar refractivity (Wildman–Crippen MR) is 117 cm³/mol. The Morgan fingerprint density at radius 2 is 1.70 bits per heavy atom. The van der Waals surface area contributed by atoms with Crippen LogP contribution in [0.15, 0.2) is 59.8 Å². The fourth-order valence-electron chi connectivity index (χ4n) is 3.78. The fourth-order valence-corrected chi connectivity index (χ4v) is 4.55. The number of benzene rings is 2. The molecule has 1 fully saturated rings. The Balaban J connectivity index is 1.53. The zero-order chi connectivity index (χ0) is 20.8. The minimum Gasteiger partial charge on any atom is -0.353 e. The summed E-state index contributed by atoms with van der Waals surface area (Å²) in [5.41, 5.74) is 1.66. The normalized spacial score (nSPS) is 15.0. The summed E-state index contributed by atoms with van der Waals surface area (Å²) in [4.78, 5) is 12.5. The summed E-state index contributed by atoms with van der Waals surface area (Å²) >= 11 is 1.35. The van der Waals surface area contributed by atoms with Crippen molar-refractivity contribution in [1.82, 2.24) is 20.1 Å². The summed E-state index contributed by atoms with van der Waals surface area (Å²) in [6, 6.07) is 16.2. The molecule has 7 heteroatoms. The number of carbonyl (C=O) groups excluding carboxylic acids is 1. The van der Waals surface area contributed by atoms with Crippen molar-refractivity contribution in [2.75, 3.05) is 5.75 Å². The number of amides is 1. The standard InChI is InChI=1S/C23H25FN4OS/c24-18-12-14-20(15-13-18)28-22(17-8-4-3-5-9-17)26-27-23(28)30-16-21(29)25-19-10-6-1-2-7-11-19/h3-5,8-9,12-15,19H,1-2,6-7,10-11,16H2,(H,25,29). The van der Waals surface area contributed by atoms with E-state index in [9.17, 15) is 9.18 Å². The number of thioether (sulfide) groups is 1. The molecule has 30 heavy (non-hydrogen) atoms. The van der Waals surface area contributed by atoms with Crippen LogP contribution in [-0.2, 0) is 4.79 Å². The average Bonchev–Trinajstić information content (AvgIpc) is 3.02. The topological polar surface area (TPSA) is 59.8 Å². The van der Waals surface area contributed by atoms with Crippen LogP contribution in [0.3, 0.4) is 0 Å². The lowest BCUT2D eigenvalue weighted by Gasteiger charge is -2.16. The van der Waals surface area contributed by atoms with Gasteiger partial charge in [0, 0.05) is 17.3 Å². The third-order valence-electron chi connectivity index (χ3n) is 5.30. The summed E-state index contributed by atoms with van der Waals surface area (Å²) in [5, 5.41) is 12.5. The van der Waals surface area contributed by atoms with Crippen molar-refractivity contribution in [3.8, 4) is 17.1 Å². The number of hydrogen-bond donors (Lipinski definition) is 1. The molecular weight excluding hydrogens is 399 g/mol. The molecule has 0 spiro atoms. The van der Waals surface area contributed by atoms with E-state index >= 15 is 0 Å². The number of halogens is 1. The molecule has 1 amide bonds. The van der Waals surface area contributed by atoms with Crippen molar-refractivity contribution in [2.45, 2.75) is 49.7 Å². The second kappa shape index (κ2) is 9.89. The van der Waals surface area contributed by atoms with Gasteiger partial charge in [-0.05, 0) is 37.1 Å². The third kappa shape index (κ3) is 5.08. The summed E-state index contributed by atoms with van der Waals surface area (Å²) < 4.78 is 15.3. The molecule has 5 nitrogen and oxygen atoms in total. The molecular formula is C23H25FN4OS. The van der Waals surface area contributed by atoms with E-state index in [2.05, 4.69) is 15.5 Å². The molecule has 4 rings (SSSR count). The Morgan fingerprint density at radius 1 is 1.00 bits per heavy atom. The molecule has 0 saturated heterocycles. The molecule has 1 heterocycles. The number of aromatic nitrogens is 3. The van der Waals surface area contributed by atoms with Gasteiger partial charge in [0.25, 0.3) is 0 Å². The molecule has 0 radical (unpaired) electrons. The van der Waals surface area contributed by atoms with Gasteiger partial charge in [-0.25, -0.2) is 4.39 Å². The first-order chi connectivity index (χ1) is 14.7. The number of nitrogens with zero attached hydrogens (tertiary/aromatic N) is 3. The van der Waals surface area contributed by atoms with Crippen LogP contribution in [0, 0.1) is 5.82 Å². The second-order valence-corrected chi connectivity index (χ2v) is 8.47. The van der Waals surface area contributed by atoms with Crippen LogP contribution in [-0.4, -0.2) is 32.5 Å². The van der Waals surface area contributed by atoms with E-state index in [1.165, 1.54) is 49.6 Å². The van der Waals surface area contributed by atoms with Crippen molar-refractivity contribution in [3.63, 3.8) is 0 Å². The molecule has 2 aromatic carbocycles. The van der Waals surface area contributed by atoms with Crippen LogP contribution < -0.4 is 5.32 Å². The quantitative estimate of drug-likeness (QED) is 0.447. The number of hydrogen-bond acceptors (Lipinski definition) is 4. The summed E-state index contributed by atoms with van der Waals surface area (Å²) in [7, 11) is 0. The van der Waals surface area contributed by atoms with Gasteiger partial charge in [0.05, 0.1) is 5.75 Å². The average molecular weight is 425 g/mol. The Morgan fingerprint density at radius 3 is 2.40 bits per heavy atom. The van der Waals surface area contributed by atoms with Crippen LogP contribution in [0.4, 0.5) is 4.39 Å². The van der Waals surface area contributed by atoms with Crippen LogP contribution in [0.1, 0.15) is 38.5 Å². The van der Waals surface area contributed by atoms with Gasteiger partial charge >= 0.3 is 0 Å². The van der Waals surface area contributed by atoms with Crippen LogP contribution in [0.25, 0.3) is 17.1 Å². The van der Waals surface area contributed by atoms with Crippen molar-refractivity contribution < 1.29 is 9.18 Å². The first-order valence-corrected chi connectivity index (χ1v) is 11.4. The maximum Gasteiger partial charge on any atom is 0.230 e. The van der Waals surface area contributed by atoms with E-state index in [-0.39, 0.29) is 23.5 Å². The Kier molecular flexibility index (Phi) is 6.79. The minimum absolute atomic E-state index is 0.0156. The lowest BCUT2D eigenvalue weighted by molar-refractivity contribution is -0.119. The summed E-state index contributed by atoms with van der Waals surface area (Å²) in [6.07, 6.45) is 6.98. The maximum absolute atomic E-state index is 13.5. The molecule has 0 aliphatic heterocycles. The van der Waals surface area contributed by atoms with Crippen LogP contribution >= 0.6 is 11.8 Å². The van der Waals surface area contributed by atoms with Gasteiger partial charge in [-0.2, -0.15) is 0 Å². The zero-order valence-corrected chi connectivity index (χ0v) is 17.6. The summed E-state index contributed by atoms with van der Waals surface area (Å²) in [5.74, 6) is 0.644. The first kappa shape index (κ1) is 20.6. The second-order valence-electron chi connectivity index (χ2n) is 7.53. The molecule has 1 N–H and O–H groups in total. The number of nitrogens with one attached hydrogen (secondary N) is 1. The SMILES string of the molecule is O=C(CSc1nnc(-c2ccccc2)n1-c1ccc(F)cc1)NC1CCCCCC1. The Hall–Kier alpha value is -2.67. The largest absolute Gasteiger partial charge is 0.353 e. The van der Waals surface area contributed by atoms with Crippen molar-refractivity contribution in [3.05, 3.63) is 60.4 Å². The van der Waals surface area contributed by atoms with Gasteiger partial charge < -0.3 is 5.32 Å². The fraction of sp³-hybridized carbons (Fsp3) is 0.348. The van der Waals surface area contributed by atoms with E-state index in [1.807, 2.05) is 34.9 Å². The predicted octanol–water partition coefficient (Wildman–Crippen LogP) is 5.00. The van der Waals surface area contributed by atoms with Crippen molar-refractivity contribution in [2.24, 2.45) is 0 Å². The summed E-state index contributed by atoms with van der Waals surface area (Å²) in [6.45, 7) is 0. The Labute approximate surface area is 180 Å². The third-order valence-corrected chi connectivity index (χ3v) is 6.23. The molecule has 1 saturated carbocycles. The lowest BCUT2D eigenvalue weighted by atomic mass is 10.1. The first-order valence-electron chi connectivity index (χ1n) is 10.4. The highest BCUT2D eigenvalue weighted by Crippen LogP contribution is 2.28. The zero-order valence-electron chi connectivity index (χ0n) is 16.8. The molecule has 1 aliphatic rings. The van der Waals surface area contributed by atoms with E-state index in [1.54, 1.807) is 12.1 Å². The van der Waals surface area contributed by atoms with Gasteiger partial charge in [0.15, 0.2) is 11.0 Å². The highest BCUT2D eigenvalue weighted by atomic mass is 32.2.